The fraction of sp³-hybridized carbons (Fsp3) is 0. The van der Waals surface area contributed by atoms with Gasteiger partial charge in [0.1, 0.15) is 5.65 Å². The lowest BCUT2D eigenvalue weighted by molar-refractivity contribution is 1.19. The molecular weight excluding hydrogens is 455 g/mol. The van der Waals surface area contributed by atoms with Crippen molar-refractivity contribution in [1.82, 2.24) is 9.38 Å². The number of imidazole rings is 1. The van der Waals surface area contributed by atoms with Crippen molar-refractivity contribution >= 4 is 28.2 Å². The predicted molar refractivity (Wildman–Crippen MR) is 124 cm³/mol. The Morgan fingerprint density at radius 2 is 1.25 bits per heavy atom. The summed E-state index contributed by atoms with van der Waals surface area (Å²) in [6.45, 7) is 0. The molecule has 5 aromatic rings. The molecule has 0 aliphatic heterocycles. The van der Waals surface area contributed by atoms with Gasteiger partial charge in [-0.3, -0.25) is 0 Å². The Bertz CT molecular complexity index is 1240. The molecule has 0 radical (unpaired) electrons. The van der Waals surface area contributed by atoms with Gasteiger partial charge in [-0.1, -0.05) is 72.8 Å². The number of pyridine rings is 1. The van der Waals surface area contributed by atoms with Crippen molar-refractivity contribution in [2.24, 2.45) is 0 Å². The van der Waals surface area contributed by atoms with Crippen LogP contribution in [0.3, 0.4) is 0 Å². The number of rotatable bonds is 3. The zero-order valence-corrected chi connectivity index (χ0v) is 17.2. The van der Waals surface area contributed by atoms with Gasteiger partial charge in [0.25, 0.3) is 0 Å². The number of benzene rings is 3. The molecule has 0 bridgehead atoms. The summed E-state index contributed by atoms with van der Waals surface area (Å²) < 4.78 is 3.38. The predicted octanol–water partition coefficient (Wildman–Crippen LogP) is 6.94. The minimum Gasteiger partial charge on any atom is -0.305 e. The van der Waals surface area contributed by atoms with Gasteiger partial charge < -0.3 is 4.40 Å². The highest BCUT2D eigenvalue weighted by Crippen LogP contribution is 2.32. The number of hydrogen-bond acceptors (Lipinski definition) is 1. The van der Waals surface area contributed by atoms with Crippen molar-refractivity contribution in [2.75, 3.05) is 0 Å². The Kier molecular flexibility index (Phi) is 4.45. The molecule has 0 amide bonds. The average molecular weight is 472 g/mol. The van der Waals surface area contributed by atoms with Crippen molar-refractivity contribution in [1.29, 1.82) is 0 Å². The van der Waals surface area contributed by atoms with E-state index in [0.29, 0.717) is 0 Å². The highest BCUT2D eigenvalue weighted by atomic mass is 127. The SMILES string of the molecule is Ic1ccc(-c2cc(-c3ccccc3)cn3cc(-c4ccccc4)nc23)cc1. The zero-order valence-electron chi connectivity index (χ0n) is 15.1. The van der Waals surface area contributed by atoms with Crippen molar-refractivity contribution in [3.05, 3.63) is 107 Å². The average Bonchev–Trinajstić information content (AvgIpc) is 3.19. The number of hydrogen-bond donors (Lipinski definition) is 0. The molecule has 0 unspecified atom stereocenters. The van der Waals surface area contributed by atoms with Gasteiger partial charge in [-0.05, 0) is 57.5 Å². The van der Waals surface area contributed by atoms with Gasteiger partial charge in [-0.15, -0.1) is 0 Å². The molecule has 0 aliphatic carbocycles. The minimum atomic E-state index is 0.972. The molecule has 28 heavy (non-hydrogen) atoms. The van der Waals surface area contributed by atoms with Gasteiger partial charge in [0.05, 0.1) is 5.69 Å². The van der Waals surface area contributed by atoms with E-state index < -0.39 is 0 Å². The van der Waals surface area contributed by atoms with Crippen LogP contribution in [0.25, 0.3) is 39.2 Å². The second-order valence-corrected chi connectivity index (χ2v) is 7.98. The van der Waals surface area contributed by atoms with E-state index in [4.69, 9.17) is 4.98 Å². The third kappa shape index (κ3) is 3.22. The lowest BCUT2D eigenvalue weighted by Gasteiger charge is -2.09. The number of halogens is 1. The lowest BCUT2D eigenvalue weighted by Crippen LogP contribution is -1.91. The summed E-state index contributed by atoms with van der Waals surface area (Å²) in [7, 11) is 0. The van der Waals surface area contributed by atoms with Gasteiger partial charge >= 0.3 is 0 Å². The van der Waals surface area contributed by atoms with Crippen LogP contribution in [0.1, 0.15) is 0 Å². The van der Waals surface area contributed by atoms with Crippen LogP contribution in [-0.4, -0.2) is 9.38 Å². The fourth-order valence-electron chi connectivity index (χ4n) is 3.48. The van der Waals surface area contributed by atoms with E-state index >= 15 is 0 Å². The Morgan fingerprint density at radius 3 is 1.93 bits per heavy atom. The van der Waals surface area contributed by atoms with Crippen LogP contribution in [0.2, 0.25) is 0 Å². The van der Waals surface area contributed by atoms with Crippen LogP contribution < -0.4 is 0 Å². The molecule has 0 spiro atoms. The maximum absolute atomic E-state index is 4.98. The zero-order chi connectivity index (χ0) is 18.9. The molecule has 2 aromatic heterocycles. The molecule has 2 heterocycles. The van der Waals surface area contributed by atoms with Crippen LogP contribution in [0.5, 0.6) is 0 Å². The largest absolute Gasteiger partial charge is 0.305 e. The topological polar surface area (TPSA) is 17.3 Å². The van der Waals surface area contributed by atoms with E-state index in [2.05, 4.69) is 118 Å². The standard InChI is InChI=1S/C25H17IN2/c26-22-13-11-19(12-14-22)23-15-21(18-7-3-1-4-8-18)16-28-17-24(27-25(23)28)20-9-5-2-6-10-20/h1-17H. The van der Waals surface area contributed by atoms with E-state index in [1.807, 2.05) is 12.1 Å². The monoisotopic (exact) mass is 472 g/mol. The number of fused-ring (bicyclic) bond motifs is 1. The summed E-state index contributed by atoms with van der Waals surface area (Å²) in [5, 5.41) is 0. The molecule has 0 N–H and O–H groups in total. The van der Waals surface area contributed by atoms with Gasteiger partial charge in [-0.2, -0.15) is 0 Å². The third-order valence-electron chi connectivity index (χ3n) is 4.88. The van der Waals surface area contributed by atoms with Gasteiger partial charge in [0, 0.05) is 27.1 Å². The third-order valence-corrected chi connectivity index (χ3v) is 5.60. The molecule has 0 saturated carbocycles. The van der Waals surface area contributed by atoms with Crippen molar-refractivity contribution < 1.29 is 0 Å². The smallest absolute Gasteiger partial charge is 0.145 e. The molecule has 0 saturated heterocycles. The second-order valence-electron chi connectivity index (χ2n) is 6.74. The second kappa shape index (κ2) is 7.24. The number of nitrogens with zero attached hydrogens (tertiary/aromatic N) is 2. The fourth-order valence-corrected chi connectivity index (χ4v) is 3.84. The van der Waals surface area contributed by atoms with E-state index in [9.17, 15) is 0 Å². The summed E-state index contributed by atoms with van der Waals surface area (Å²) in [6.07, 6.45) is 4.29. The minimum absolute atomic E-state index is 0.972. The summed E-state index contributed by atoms with van der Waals surface area (Å²) in [6, 6.07) is 31.7. The molecule has 2 nitrogen and oxygen atoms in total. The van der Waals surface area contributed by atoms with Crippen molar-refractivity contribution in [3.8, 4) is 33.5 Å². The molecule has 3 aromatic carbocycles. The maximum atomic E-state index is 4.98. The summed E-state index contributed by atoms with van der Waals surface area (Å²) in [4.78, 5) is 4.98. The quantitative estimate of drug-likeness (QED) is 0.260. The molecule has 5 rings (SSSR count). The van der Waals surface area contributed by atoms with Gasteiger partial charge in [0.15, 0.2) is 0 Å². The number of aromatic nitrogens is 2. The summed E-state index contributed by atoms with van der Waals surface area (Å²) in [5.41, 5.74) is 7.77. The van der Waals surface area contributed by atoms with Crippen LogP contribution in [-0.2, 0) is 0 Å². The van der Waals surface area contributed by atoms with Crippen molar-refractivity contribution in [2.45, 2.75) is 0 Å². The lowest BCUT2D eigenvalue weighted by atomic mass is 10.0. The summed E-state index contributed by atoms with van der Waals surface area (Å²) in [5.74, 6) is 0. The molecule has 0 aliphatic rings. The molecule has 3 heteroatoms. The van der Waals surface area contributed by atoms with E-state index in [-0.39, 0.29) is 0 Å². The van der Waals surface area contributed by atoms with Crippen LogP contribution >= 0.6 is 22.6 Å². The van der Waals surface area contributed by atoms with Crippen LogP contribution in [0.15, 0.2) is 103 Å². The highest BCUT2D eigenvalue weighted by Gasteiger charge is 2.12. The Morgan fingerprint density at radius 1 is 0.607 bits per heavy atom. The Hall–Kier alpha value is -2.92. The molecule has 134 valence electrons. The van der Waals surface area contributed by atoms with Crippen molar-refractivity contribution in [3.63, 3.8) is 0 Å². The van der Waals surface area contributed by atoms with E-state index in [1.54, 1.807) is 0 Å². The van der Waals surface area contributed by atoms with Crippen LogP contribution in [0.4, 0.5) is 0 Å². The van der Waals surface area contributed by atoms with E-state index in [1.165, 1.54) is 20.3 Å². The van der Waals surface area contributed by atoms with Gasteiger partial charge in [-0.25, -0.2) is 4.98 Å². The molecular formula is C25H17IN2. The molecule has 0 atom stereocenters. The highest BCUT2D eigenvalue weighted by molar-refractivity contribution is 14.1. The first-order valence-electron chi connectivity index (χ1n) is 9.17. The Labute approximate surface area is 177 Å². The normalized spacial score (nSPS) is 11.0. The first-order valence-corrected chi connectivity index (χ1v) is 10.3. The molecule has 0 fully saturated rings. The maximum Gasteiger partial charge on any atom is 0.145 e. The Balaban J connectivity index is 1.77. The van der Waals surface area contributed by atoms with Crippen LogP contribution in [0, 0.1) is 3.57 Å². The first-order chi connectivity index (χ1) is 13.8. The first kappa shape index (κ1) is 17.2. The summed E-state index contributed by atoms with van der Waals surface area (Å²) >= 11 is 2.34. The van der Waals surface area contributed by atoms with E-state index in [0.717, 1.165) is 22.5 Å². The van der Waals surface area contributed by atoms with Gasteiger partial charge in [0.2, 0.25) is 0 Å².